The summed E-state index contributed by atoms with van der Waals surface area (Å²) < 4.78 is 10.4. The number of methoxy groups -OCH3 is 2. The number of rotatable bonds is 5. The number of benzene rings is 2. The lowest BCUT2D eigenvalue weighted by molar-refractivity contribution is 0.0800. The molecule has 0 fully saturated rings. The summed E-state index contributed by atoms with van der Waals surface area (Å²) in [7, 11) is 4.73. The van der Waals surface area contributed by atoms with Crippen molar-refractivity contribution in [3.63, 3.8) is 0 Å². The number of hydrogen-bond donors (Lipinski definition) is 0. The van der Waals surface area contributed by atoms with Crippen LogP contribution in [-0.4, -0.2) is 38.4 Å². The van der Waals surface area contributed by atoms with Crippen LogP contribution in [0.4, 0.5) is 0 Å². The van der Waals surface area contributed by atoms with E-state index in [1.165, 1.54) is 5.01 Å². The first-order valence-corrected chi connectivity index (χ1v) is 7.22. The summed E-state index contributed by atoms with van der Waals surface area (Å²) in [6.07, 6.45) is 1.58. The second kappa shape index (κ2) is 7.65. The summed E-state index contributed by atoms with van der Waals surface area (Å²) in [5.41, 5.74) is 1.31. The van der Waals surface area contributed by atoms with Crippen molar-refractivity contribution in [2.75, 3.05) is 21.3 Å². The molecule has 0 aliphatic heterocycles. The van der Waals surface area contributed by atoms with E-state index in [0.29, 0.717) is 22.1 Å². The third-order valence-electron chi connectivity index (χ3n) is 3.17. The van der Waals surface area contributed by atoms with Crippen LogP contribution in [0.3, 0.4) is 0 Å². The Morgan fingerprint density at radius 2 is 1.74 bits per heavy atom. The van der Waals surface area contributed by atoms with Crippen molar-refractivity contribution in [3.8, 4) is 11.5 Å². The fraction of sp³-hybridized carbons (Fsp3) is 0.176. The number of nitrogens with zero attached hydrogens (tertiary/aromatic N) is 2. The molecule has 0 saturated carbocycles. The quantitative estimate of drug-likeness (QED) is 0.622. The molecule has 0 heterocycles. The van der Waals surface area contributed by atoms with E-state index in [4.69, 9.17) is 21.1 Å². The lowest BCUT2D eigenvalue weighted by Crippen LogP contribution is -2.21. The van der Waals surface area contributed by atoms with Gasteiger partial charge in [-0.1, -0.05) is 11.6 Å². The maximum atomic E-state index is 12.2. The minimum atomic E-state index is -0.224. The van der Waals surface area contributed by atoms with Crippen LogP contribution in [0.2, 0.25) is 5.02 Å². The minimum absolute atomic E-state index is 0.224. The maximum Gasteiger partial charge on any atom is 0.273 e. The summed E-state index contributed by atoms with van der Waals surface area (Å²) in [4.78, 5) is 12.2. The van der Waals surface area contributed by atoms with E-state index in [-0.39, 0.29) is 5.91 Å². The summed E-state index contributed by atoms with van der Waals surface area (Å²) in [5, 5.41) is 6.00. The normalized spacial score (nSPS) is 10.6. The zero-order valence-corrected chi connectivity index (χ0v) is 13.9. The lowest BCUT2D eigenvalue weighted by atomic mass is 10.2. The lowest BCUT2D eigenvalue weighted by Gasteiger charge is -2.11. The number of halogens is 1. The van der Waals surface area contributed by atoms with Crippen LogP contribution in [0.15, 0.2) is 47.6 Å². The standard InChI is InChI=1S/C17H17ClN2O3/c1-20(17(21)13-5-7-14(18)8-6-13)19-11-12-4-9-15(22-2)16(10-12)23-3/h4-11H,1-3H3/b19-11+. The SMILES string of the molecule is COc1ccc(/C=N/N(C)C(=O)c2ccc(Cl)cc2)cc1OC. The second-order valence-electron chi connectivity index (χ2n) is 4.69. The van der Waals surface area contributed by atoms with Crippen molar-refractivity contribution in [2.24, 2.45) is 5.10 Å². The summed E-state index contributed by atoms with van der Waals surface area (Å²) in [6, 6.07) is 12.0. The molecule has 0 N–H and O–H groups in total. The average Bonchev–Trinajstić information content (AvgIpc) is 2.59. The van der Waals surface area contributed by atoms with Gasteiger partial charge < -0.3 is 9.47 Å². The van der Waals surface area contributed by atoms with Gasteiger partial charge in [-0.2, -0.15) is 5.10 Å². The Balaban J connectivity index is 2.12. The van der Waals surface area contributed by atoms with Crippen molar-refractivity contribution in [1.82, 2.24) is 5.01 Å². The number of hydrazone groups is 1. The second-order valence-corrected chi connectivity index (χ2v) is 5.13. The molecule has 0 radical (unpaired) electrons. The predicted octanol–water partition coefficient (Wildman–Crippen LogP) is 3.46. The molecule has 2 aromatic rings. The van der Waals surface area contributed by atoms with Gasteiger partial charge in [-0.25, -0.2) is 5.01 Å². The van der Waals surface area contributed by atoms with E-state index < -0.39 is 0 Å². The van der Waals surface area contributed by atoms with Crippen LogP contribution in [0, 0.1) is 0 Å². The molecule has 0 aliphatic carbocycles. The largest absolute Gasteiger partial charge is 0.493 e. The van der Waals surface area contributed by atoms with Gasteiger partial charge in [0.2, 0.25) is 0 Å². The average molecular weight is 333 g/mol. The van der Waals surface area contributed by atoms with Gasteiger partial charge >= 0.3 is 0 Å². The van der Waals surface area contributed by atoms with Crippen LogP contribution in [-0.2, 0) is 0 Å². The summed E-state index contributed by atoms with van der Waals surface area (Å²) in [5.74, 6) is 1.01. The van der Waals surface area contributed by atoms with E-state index in [2.05, 4.69) is 5.10 Å². The Hall–Kier alpha value is -2.53. The van der Waals surface area contributed by atoms with Crippen LogP contribution < -0.4 is 9.47 Å². The number of ether oxygens (including phenoxy) is 2. The molecule has 0 aromatic heterocycles. The number of carbonyl (C=O) groups excluding carboxylic acids is 1. The van der Waals surface area contributed by atoms with Crippen LogP contribution in [0.25, 0.3) is 0 Å². The smallest absolute Gasteiger partial charge is 0.273 e. The molecule has 5 nitrogen and oxygen atoms in total. The minimum Gasteiger partial charge on any atom is -0.493 e. The van der Waals surface area contributed by atoms with Gasteiger partial charge in [0, 0.05) is 17.6 Å². The highest BCUT2D eigenvalue weighted by Gasteiger charge is 2.10. The van der Waals surface area contributed by atoms with Crippen LogP contribution >= 0.6 is 11.6 Å². The van der Waals surface area contributed by atoms with Crippen LogP contribution in [0.1, 0.15) is 15.9 Å². The molecule has 0 spiro atoms. The molecule has 23 heavy (non-hydrogen) atoms. The number of carbonyl (C=O) groups is 1. The molecular formula is C17H17ClN2O3. The molecule has 0 saturated heterocycles. The van der Waals surface area contributed by atoms with E-state index in [1.807, 2.05) is 6.07 Å². The maximum absolute atomic E-state index is 12.2. The molecule has 2 aromatic carbocycles. The summed E-state index contributed by atoms with van der Waals surface area (Å²) in [6.45, 7) is 0. The molecule has 1 amide bonds. The van der Waals surface area contributed by atoms with E-state index >= 15 is 0 Å². The number of amides is 1. The van der Waals surface area contributed by atoms with E-state index in [1.54, 1.807) is 63.9 Å². The number of hydrogen-bond acceptors (Lipinski definition) is 4. The molecule has 0 bridgehead atoms. The fourth-order valence-corrected chi connectivity index (χ4v) is 2.04. The third-order valence-corrected chi connectivity index (χ3v) is 3.42. The van der Waals surface area contributed by atoms with E-state index in [9.17, 15) is 4.79 Å². The van der Waals surface area contributed by atoms with E-state index in [0.717, 1.165) is 5.56 Å². The highest BCUT2D eigenvalue weighted by atomic mass is 35.5. The first kappa shape index (κ1) is 16.8. The molecule has 6 heteroatoms. The van der Waals surface area contributed by atoms with Crippen molar-refractivity contribution in [2.45, 2.75) is 0 Å². The molecule has 0 atom stereocenters. The predicted molar refractivity (Wildman–Crippen MR) is 90.7 cm³/mol. The van der Waals surface area contributed by atoms with Gasteiger partial charge in [-0.05, 0) is 48.0 Å². The van der Waals surface area contributed by atoms with Crippen LogP contribution in [0.5, 0.6) is 11.5 Å². The topological polar surface area (TPSA) is 51.1 Å². The molecular weight excluding hydrogens is 316 g/mol. The highest BCUT2D eigenvalue weighted by Crippen LogP contribution is 2.26. The van der Waals surface area contributed by atoms with Gasteiger partial charge in [0.05, 0.1) is 20.4 Å². The molecule has 0 unspecified atom stereocenters. The first-order chi connectivity index (χ1) is 11.0. The van der Waals surface area contributed by atoms with Crippen molar-refractivity contribution in [3.05, 3.63) is 58.6 Å². The summed E-state index contributed by atoms with van der Waals surface area (Å²) >= 11 is 5.81. The Morgan fingerprint density at radius 1 is 1.09 bits per heavy atom. The molecule has 2 rings (SSSR count). The van der Waals surface area contributed by atoms with Gasteiger partial charge in [-0.15, -0.1) is 0 Å². The van der Waals surface area contributed by atoms with Crippen molar-refractivity contribution < 1.29 is 14.3 Å². The fourth-order valence-electron chi connectivity index (χ4n) is 1.92. The first-order valence-electron chi connectivity index (χ1n) is 6.84. The zero-order chi connectivity index (χ0) is 16.8. The Bertz CT molecular complexity index is 714. The molecule has 0 aliphatic rings. The van der Waals surface area contributed by atoms with Crippen molar-refractivity contribution in [1.29, 1.82) is 0 Å². The molecule has 120 valence electrons. The Kier molecular flexibility index (Phi) is 5.60. The van der Waals surface area contributed by atoms with Gasteiger partial charge in [0.1, 0.15) is 0 Å². The monoisotopic (exact) mass is 332 g/mol. The van der Waals surface area contributed by atoms with Gasteiger partial charge in [0.15, 0.2) is 11.5 Å². The van der Waals surface area contributed by atoms with Gasteiger partial charge in [-0.3, -0.25) is 4.79 Å². The highest BCUT2D eigenvalue weighted by molar-refractivity contribution is 6.30. The zero-order valence-electron chi connectivity index (χ0n) is 13.1. The third kappa shape index (κ3) is 4.23. The Morgan fingerprint density at radius 3 is 2.35 bits per heavy atom. The van der Waals surface area contributed by atoms with Gasteiger partial charge in [0.25, 0.3) is 5.91 Å². The van der Waals surface area contributed by atoms with Crippen molar-refractivity contribution >= 4 is 23.7 Å². The Labute approximate surface area is 140 Å².